The molecule has 19 heavy (non-hydrogen) atoms. The molecule has 0 spiro atoms. The Kier molecular flexibility index (Phi) is 3.92. The Morgan fingerprint density at radius 3 is 2.16 bits per heavy atom. The fourth-order valence-electron chi connectivity index (χ4n) is 1.95. The summed E-state index contributed by atoms with van der Waals surface area (Å²) in [6.45, 7) is 2.95. The third-order valence-corrected chi connectivity index (χ3v) is 3.93. The van der Waals surface area contributed by atoms with Gasteiger partial charge in [-0.1, -0.05) is 24.3 Å². The Bertz CT molecular complexity index is 606. The first-order valence-corrected chi connectivity index (χ1v) is 6.85. The Morgan fingerprint density at radius 1 is 1.00 bits per heavy atom. The van der Waals surface area contributed by atoms with Crippen molar-refractivity contribution in [3.05, 3.63) is 68.3 Å². The first-order valence-electron chi connectivity index (χ1n) is 5.77. The average molecular weight is 374 g/mol. The van der Waals surface area contributed by atoms with Crippen molar-refractivity contribution in [2.75, 3.05) is 0 Å². The number of rotatable bonds is 2. The molecule has 0 heterocycles. The van der Waals surface area contributed by atoms with Gasteiger partial charge < -0.3 is 5.11 Å². The van der Waals surface area contributed by atoms with Crippen LogP contribution in [-0.4, -0.2) is 5.11 Å². The van der Waals surface area contributed by atoms with Crippen molar-refractivity contribution in [2.45, 2.75) is 19.4 Å². The summed E-state index contributed by atoms with van der Waals surface area (Å²) in [6.07, 6.45) is 0. The summed E-state index contributed by atoms with van der Waals surface area (Å²) < 4.78 is 28.6. The van der Waals surface area contributed by atoms with E-state index in [1.807, 2.05) is 12.1 Å². The second kappa shape index (κ2) is 5.17. The number of halogens is 3. The molecule has 0 aliphatic carbocycles. The molecular weight excluding hydrogens is 361 g/mol. The molecule has 0 bridgehead atoms. The van der Waals surface area contributed by atoms with Crippen LogP contribution < -0.4 is 0 Å². The molecule has 0 radical (unpaired) electrons. The molecule has 1 atom stereocenters. The van der Waals surface area contributed by atoms with Crippen molar-refractivity contribution in [2.24, 2.45) is 0 Å². The number of benzene rings is 2. The fraction of sp³-hybridized carbons (Fsp3) is 0.200. The van der Waals surface area contributed by atoms with E-state index in [2.05, 4.69) is 22.6 Å². The molecule has 1 unspecified atom stereocenters. The van der Waals surface area contributed by atoms with Crippen LogP contribution in [0.4, 0.5) is 8.78 Å². The van der Waals surface area contributed by atoms with Gasteiger partial charge >= 0.3 is 0 Å². The maximum absolute atomic E-state index is 14.0. The molecule has 0 aliphatic heterocycles. The van der Waals surface area contributed by atoms with Crippen LogP contribution in [0.3, 0.4) is 0 Å². The maximum Gasteiger partial charge on any atom is 0.165 e. The van der Waals surface area contributed by atoms with E-state index in [1.165, 1.54) is 26.0 Å². The standard InChI is InChI=1S/C15H13F2IO/c1-9-3-8-12(14(17)13(9)16)15(2,19)10-4-6-11(18)7-5-10/h3-8,19H,1-2H3. The van der Waals surface area contributed by atoms with E-state index in [1.54, 1.807) is 12.1 Å². The molecule has 2 rings (SSSR count). The first-order chi connectivity index (χ1) is 8.84. The Balaban J connectivity index is 2.56. The zero-order chi connectivity index (χ0) is 14.2. The minimum atomic E-state index is -1.57. The summed E-state index contributed by atoms with van der Waals surface area (Å²) in [5, 5.41) is 10.5. The number of hydrogen-bond acceptors (Lipinski definition) is 1. The van der Waals surface area contributed by atoms with E-state index < -0.39 is 17.2 Å². The van der Waals surface area contributed by atoms with Crippen molar-refractivity contribution in [3.8, 4) is 0 Å². The summed E-state index contributed by atoms with van der Waals surface area (Å²) in [7, 11) is 0. The molecule has 100 valence electrons. The van der Waals surface area contributed by atoms with Gasteiger partial charge in [0.1, 0.15) is 5.60 Å². The lowest BCUT2D eigenvalue weighted by Crippen LogP contribution is -2.25. The smallest absolute Gasteiger partial charge is 0.165 e. The van der Waals surface area contributed by atoms with Gasteiger partial charge in [-0.15, -0.1) is 0 Å². The number of aryl methyl sites for hydroxylation is 1. The molecule has 0 saturated carbocycles. The molecule has 1 N–H and O–H groups in total. The Hall–Kier alpha value is -1.01. The van der Waals surface area contributed by atoms with E-state index in [0.717, 1.165) is 3.57 Å². The van der Waals surface area contributed by atoms with Crippen molar-refractivity contribution in [1.29, 1.82) is 0 Å². The second-order valence-electron chi connectivity index (χ2n) is 4.64. The van der Waals surface area contributed by atoms with Crippen molar-refractivity contribution in [3.63, 3.8) is 0 Å². The van der Waals surface area contributed by atoms with Crippen LogP contribution >= 0.6 is 22.6 Å². The molecule has 1 nitrogen and oxygen atoms in total. The highest BCUT2D eigenvalue weighted by Crippen LogP contribution is 2.32. The summed E-state index contributed by atoms with van der Waals surface area (Å²) in [5.41, 5.74) is -0.880. The minimum Gasteiger partial charge on any atom is -0.381 e. The van der Waals surface area contributed by atoms with E-state index in [0.29, 0.717) is 5.56 Å². The highest BCUT2D eigenvalue weighted by atomic mass is 127. The normalized spacial score (nSPS) is 14.2. The highest BCUT2D eigenvalue weighted by molar-refractivity contribution is 14.1. The molecule has 0 saturated heterocycles. The van der Waals surface area contributed by atoms with Gasteiger partial charge in [0.2, 0.25) is 0 Å². The van der Waals surface area contributed by atoms with Crippen LogP contribution in [0, 0.1) is 22.1 Å². The zero-order valence-electron chi connectivity index (χ0n) is 10.5. The summed E-state index contributed by atoms with van der Waals surface area (Å²) in [6, 6.07) is 9.93. The SMILES string of the molecule is Cc1ccc(C(C)(O)c2ccc(I)cc2)c(F)c1F. The third-order valence-electron chi connectivity index (χ3n) is 3.21. The predicted octanol–water partition coefficient (Wildman–Crippen LogP) is 4.13. The predicted molar refractivity (Wildman–Crippen MR) is 78.9 cm³/mol. The summed E-state index contributed by atoms with van der Waals surface area (Å²) >= 11 is 2.14. The topological polar surface area (TPSA) is 20.2 Å². The van der Waals surface area contributed by atoms with Crippen LogP contribution in [0.2, 0.25) is 0 Å². The van der Waals surface area contributed by atoms with Crippen molar-refractivity contribution >= 4 is 22.6 Å². The molecular formula is C15H13F2IO. The lowest BCUT2D eigenvalue weighted by atomic mass is 9.87. The summed E-state index contributed by atoms with van der Waals surface area (Å²) in [4.78, 5) is 0. The first kappa shape index (κ1) is 14.4. The van der Waals surface area contributed by atoms with Gasteiger partial charge in [0.25, 0.3) is 0 Å². The molecule has 0 amide bonds. The number of aliphatic hydroxyl groups is 1. The van der Waals surface area contributed by atoms with E-state index in [9.17, 15) is 13.9 Å². The van der Waals surface area contributed by atoms with E-state index in [-0.39, 0.29) is 11.1 Å². The molecule has 0 fully saturated rings. The lowest BCUT2D eigenvalue weighted by molar-refractivity contribution is 0.0969. The van der Waals surface area contributed by atoms with Gasteiger partial charge in [0.15, 0.2) is 11.6 Å². The van der Waals surface area contributed by atoms with Gasteiger partial charge in [0, 0.05) is 9.13 Å². The van der Waals surface area contributed by atoms with Gasteiger partial charge in [-0.05, 0) is 59.7 Å². The Labute approximate surface area is 124 Å². The second-order valence-corrected chi connectivity index (χ2v) is 5.88. The average Bonchev–Trinajstić information content (AvgIpc) is 2.36. The zero-order valence-corrected chi connectivity index (χ0v) is 12.7. The quantitative estimate of drug-likeness (QED) is 0.784. The monoisotopic (exact) mass is 374 g/mol. The minimum absolute atomic E-state index is 0.0585. The van der Waals surface area contributed by atoms with Gasteiger partial charge in [-0.25, -0.2) is 8.78 Å². The molecule has 0 aromatic heterocycles. The largest absolute Gasteiger partial charge is 0.381 e. The van der Waals surface area contributed by atoms with Crippen molar-refractivity contribution in [1.82, 2.24) is 0 Å². The van der Waals surface area contributed by atoms with Gasteiger partial charge in [-0.2, -0.15) is 0 Å². The van der Waals surface area contributed by atoms with Crippen LogP contribution in [0.15, 0.2) is 36.4 Å². The van der Waals surface area contributed by atoms with Crippen LogP contribution in [0.25, 0.3) is 0 Å². The van der Waals surface area contributed by atoms with E-state index >= 15 is 0 Å². The third kappa shape index (κ3) is 2.65. The van der Waals surface area contributed by atoms with Crippen LogP contribution in [-0.2, 0) is 5.60 Å². The van der Waals surface area contributed by atoms with Gasteiger partial charge in [-0.3, -0.25) is 0 Å². The van der Waals surface area contributed by atoms with Crippen LogP contribution in [0.5, 0.6) is 0 Å². The van der Waals surface area contributed by atoms with E-state index in [4.69, 9.17) is 0 Å². The fourth-order valence-corrected chi connectivity index (χ4v) is 2.31. The maximum atomic E-state index is 14.0. The molecule has 2 aromatic carbocycles. The number of hydrogen-bond donors (Lipinski definition) is 1. The lowest BCUT2D eigenvalue weighted by Gasteiger charge is -2.25. The van der Waals surface area contributed by atoms with Crippen LogP contribution in [0.1, 0.15) is 23.6 Å². The molecule has 2 aromatic rings. The Morgan fingerprint density at radius 2 is 1.58 bits per heavy atom. The summed E-state index contributed by atoms with van der Waals surface area (Å²) in [5.74, 6) is -1.91. The molecule has 4 heteroatoms. The van der Waals surface area contributed by atoms with Crippen molar-refractivity contribution < 1.29 is 13.9 Å². The van der Waals surface area contributed by atoms with Gasteiger partial charge in [0.05, 0.1) is 0 Å². The highest BCUT2D eigenvalue weighted by Gasteiger charge is 2.30. The molecule has 0 aliphatic rings.